The molecule has 0 fully saturated rings. The van der Waals surface area contributed by atoms with Crippen molar-refractivity contribution in [2.75, 3.05) is 0 Å². The first kappa shape index (κ1) is 13.1. The Labute approximate surface area is 89.6 Å². The highest BCUT2D eigenvalue weighted by molar-refractivity contribution is 6.17. The third-order valence-corrected chi connectivity index (χ3v) is 2.04. The molecule has 0 aliphatic carbocycles. The SMILES string of the molecule is Fc1c(F)c(C(F)(F)F)c(F)c(F)c1CCl. The molecule has 0 aliphatic heterocycles. The van der Waals surface area contributed by atoms with Gasteiger partial charge in [-0.2, -0.15) is 13.2 Å². The van der Waals surface area contributed by atoms with Gasteiger partial charge in [0.2, 0.25) is 0 Å². The Balaban J connectivity index is 3.67. The van der Waals surface area contributed by atoms with Crippen LogP contribution in [0, 0.1) is 23.3 Å². The lowest BCUT2D eigenvalue weighted by Gasteiger charge is -2.12. The molecule has 0 bridgehead atoms. The van der Waals surface area contributed by atoms with Gasteiger partial charge < -0.3 is 0 Å². The summed E-state index contributed by atoms with van der Waals surface area (Å²) in [5, 5.41) is 0. The largest absolute Gasteiger partial charge is 0.422 e. The van der Waals surface area contributed by atoms with E-state index in [-0.39, 0.29) is 0 Å². The molecule has 1 aromatic carbocycles. The van der Waals surface area contributed by atoms with Crippen molar-refractivity contribution < 1.29 is 30.7 Å². The predicted octanol–water partition coefficient (Wildman–Crippen LogP) is 4.00. The highest BCUT2D eigenvalue weighted by Gasteiger charge is 2.42. The van der Waals surface area contributed by atoms with Crippen LogP contribution < -0.4 is 0 Å². The highest BCUT2D eigenvalue weighted by atomic mass is 35.5. The Hall–Kier alpha value is -0.980. The molecule has 0 nitrogen and oxygen atoms in total. The zero-order valence-corrected chi connectivity index (χ0v) is 7.99. The molecule has 16 heavy (non-hydrogen) atoms. The molecule has 0 amide bonds. The Kier molecular flexibility index (Phi) is 3.37. The first-order chi connectivity index (χ1) is 7.21. The number of halogens is 8. The minimum absolute atomic E-state index is 0.982. The van der Waals surface area contributed by atoms with Crippen LogP contribution in [0.25, 0.3) is 0 Å². The van der Waals surface area contributed by atoms with E-state index in [1.54, 1.807) is 0 Å². The average Bonchev–Trinajstić information content (AvgIpc) is 2.14. The number of benzene rings is 1. The number of rotatable bonds is 1. The van der Waals surface area contributed by atoms with Crippen LogP contribution in [0.5, 0.6) is 0 Å². The third-order valence-electron chi connectivity index (χ3n) is 1.77. The Morgan fingerprint density at radius 2 is 1.19 bits per heavy atom. The van der Waals surface area contributed by atoms with Gasteiger partial charge in [0.25, 0.3) is 0 Å². The van der Waals surface area contributed by atoms with E-state index in [4.69, 9.17) is 11.6 Å². The van der Waals surface area contributed by atoms with E-state index in [2.05, 4.69) is 0 Å². The lowest BCUT2D eigenvalue weighted by molar-refractivity contribution is -0.143. The van der Waals surface area contributed by atoms with Crippen LogP contribution in [0.2, 0.25) is 0 Å². The van der Waals surface area contributed by atoms with Gasteiger partial charge in [0.15, 0.2) is 23.3 Å². The Morgan fingerprint density at radius 1 is 0.812 bits per heavy atom. The topological polar surface area (TPSA) is 0 Å². The van der Waals surface area contributed by atoms with Crippen LogP contribution in [0.15, 0.2) is 0 Å². The summed E-state index contributed by atoms with van der Waals surface area (Å²) in [5.41, 5.74) is -3.87. The molecule has 8 heteroatoms. The van der Waals surface area contributed by atoms with E-state index in [0.717, 1.165) is 0 Å². The highest BCUT2D eigenvalue weighted by Crippen LogP contribution is 2.37. The Morgan fingerprint density at radius 3 is 1.44 bits per heavy atom. The maximum Gasteiger partial charge on any atom is 0.422 e. The molecule has 0 aliphatic rings. The zero-order valence-electron chi connectivity index (χ0n) is 7.23. The maximum absolute atomic E-state index is 12.9. The summed E-state index contributed by atoms with van der Waals surface area (Å²) in [6.07, 6.45) is -5.53. The number of hydrogen-bond donors (Lipinski definition) is 0. The van der Waals surface area contributed by atoms with Gasteiger partial charge >= 0.3 is 6.18 Å². The first-order valence-electron chi connectivity index (χ1n) is 3.69. The first-order valence-corrected chi connectivity index (χ1v) is 4.23. The van der Waals surface area contributed by atoms with Gasteiger partial charge in [-0.1, -0.05) is 0 Å². The second-order valence-corrected chi connectivity index (χ2v) is 3.01. The van der Waals surface area contributed by atoms with Crippen LogP contribution in [0.4, 0.5) is 30.7 Å². The van der Waals surface area contributed by atoms with E-state index in [9.17, 15) is 30.7 Å². The van der Waals surface area contributed by atoms with Gasteiger partial charge in [-0.3, -0.25) is 0 Å². The third kappa shape index (κ3) is 1.95. The summed E-state index contributed by atoms with van der Waals surface area (Å²) in [5.74, 6) is -10.3. The molecule has 0 atom stereocenters. The van der Waals surface area contributed by atoms with Crippen LogP contribution in [0.3, 0.4) is 0 Å². The van der Waals surface area contributed by atoms with E-state index >= 15 is 0 Å². The molecule has 0 saturated carbocycles. The van der Waals surface area contributed by atoms with Crippen molar-refractivity contribution in [2.24, 2.45) is 0 Å². The normalized spacial score (nSPS) is 12.0. The van der Waals surface area contributed by atoms with Crippen molar-refractivity contribution in [3.05, 3.63) is 34.4 Å². The summed E-state index contributed by atoms with van der Waals surface area (Å²) >= 11 is 4.95. The molecule has 0 heterocycles. The van der Waals surface area contributed by atoms with Gasteiger partial charge in [0.05, 0.1) is 5.88 Å². The molecule has 90 valence electrons. The van der Waals surface area contributed by atoms with Crippen molar-refractivity contribution in [2.45, 2.75) is 12.1 Å². The summed E-state index contributed by atoms with van der Waals surface area (Å²) < 4.78 is 87.6. The molecular formula is C8H2ClF7. The van der Waals surface area contributed by atoms with Gasteiger partial charge in [-0.15, -0.1) is 11.6 Å². The fourth-order valence-electron chi connectivity index (χ4n) is 1.04. The van der Waals surface area contributed by atoms with Crippen molar-refractivity contribution in [3.8, 4) is 0 Å². The Bertz CT molecular complexity index is 394. The van der Waals surface area contributed by atoms with Crippen LogP contribution in [-0.4, -0.2) is 0 Å². The standard InChI is InChI=1S/C8H2ClF7/c9-1-2-4(10)6(12)3(8(14,15)16)7(13)5(2)11/h1H2. The molecule has 0 saturated heterocycles. The van der Waals surface area contributed by atoms with Crippen molar-refractivity contribution in [1.29, 1.82) is 0 Å². The van der Waals surface area contributed by atoms with E-state index in [1.165, 1.54) is 0 Å². The molecule has 0 spiro atoms. The van der Waals surface area contributed by atoms with E-state index < -0.39 is 46.5 Å². The molecule has 0 radical (unpaired) electrons. The summed E-state index contributed by atoms with van der Waals surface area (Å²) in [6, 6.07) is 0. The molecule has 0 unspecified atom stereocenters. The molecule has 1 aromatic rings. The predicted molar refractivity (Wildman–Crippen MR) is 40.8 cm³/mol. The lowest BCUT2D eigenvalue weighted by Crippen LogP contribution is -2.16. The van der Waals surface area contributed by atoms with Crippen molar-refractivity contribution in [1.82, 2.24) is 0 Å². The molecular weight excluding hydrogens is 265 g/mol. The minimum atomic E-state index is -5.53. The summed E-state index contributed by atoms with van der Waals surface area (Å²) in [7, 11) is 0. The second kappa shape index (κ2) is 4.12. The van der Waals surface area contributed by atoms with Crippen LogP contribution in [0.1, 0.15) is 11.1 Å². The number of hydrogen-bond acceptors (Lipinski definition) is 0. The lowest BCUT2D eigenvalue weighted by atomic mass is 10.1. The number of alkyl halides is 4. The smallest absolute Gasteiger partial charge is 0.203 e. The second-order valence-electron chi connectivity index (χ2n) is 2.74. The molecule has 0 aromatic heterocycles. The maximum atomic E-state index is 12.9. The van der Waals surface area contributed by atoms with Gasteiger partial charge in [0.1, 0.15) is 5.56 Å². The van der Waals surface area contributed by atoms with Gasteiger partial charge in [-0.25, -0.2) is 17.6 Å². The minimum Gasteiger partial charge on any atom is -0.203 e. The van der Waals surface area contributed by atoms with Crippen molar-refractivity contribution >= 4 is 11.6 Å². The fraction of sp³-hybridized carbons (Fsp3) is 0.250. The summed E-state index contributed by atoms with van der Waals surface area (Å²) in [4.78, 5) is 0. The van der Waals surface area contributed by atoms with Crippen LogP contribution in [-0.2, 0) is 12.1 Å². The van der Waals surface area contributed by atoms with E-state index in [1.807, 2.05) is 0 Å². The van der Waals surface area contributed by atoms with Gasteiger partial charge in [0, 0.05) is 5.56 Å². The van der Waals surface area contributed by atoms with Crippen LogP contribution >= 0.6 is 11.6 Å². The van der Waals surface area contributed by atoms with Crippen molar-refractivity contribution in [3.63, 3.8) is 0 Å². The molecule has 0 N–H and O–H groups in total. The monoisotopic (exact) mass is 266 g/mol. The molecule has 1 rings (SSSR count). The fourth-order valence-corrected chi connectivity index (χ4v) is 1.28. The average molecular weight is 267 g/mol. The van der Waals surface area contributed by atoms with E-state index in [0.29, 0.717) is 0 Å². The summed E-state index contributed by atoms with van der Waals surface area (Å²) in [6.45, 7) is 0. The quantitative estimate of drug-likeness (QED) is 0.409. The zero-order chi connectivity index (χ0) is 12.7. The van der Waals surface area contributed by atoms with Gasteiger partial charge in [-0.05, 0) is 0 Å².